The molecule has 3 nitrogen and oxygen atoms in total. The minimum absolute atomic E-state index is 0.365. The lowest BCUT2D eigenvalue weighted by Crippen LogP contribution is -2.52. The van der Waals surface area contributed by atoms with Crippen LogP contribution in [0.2, 0.25) is 0 Å². The lowest BCUT2D eigenvalue weighted by atomic mass is 9.97. The van der Waals surface area contributed by atoms with Gasteiger partial charge in [-0.05, 0) is 0 Å². The van der Waals surface area contributed by atoms with Crippen LogP contribution in [0.15, 0.2) is 0 Å². The standard InChI is InChI=1S/C6H6Cl6.C3H8O3/c7-1-2(8)4(10)6(12)5(11)3(1)9;4-1-3(6)2-5/h1-6H;3-6H,1-2H2. The highest BCUT2D eigenvalue weighted by molar-refractivity contribution is 6.45. The SMILES string of the molecule is ClC1C(Cl)C(Cl)C(Cl)C(Cl)C1Cl.OCC(O)CO. The van der Waals surface area contributed by atoms with Gasteiger partial charge in [0.15, 0.2) is 0 Å². The van der Waals surface area contributed by atoms with Crippen molar-refractivity contribution in [2.45, 2.75) is 38.4 Å². The van der Waals surface area contributed by atoms with E-state index in [1.807, 2.05) is 0 Å². The van der Waals surface area contributed by atoms with E-state index in [2.05, 4.69) is 0 Å². The van der Waals surface area contributed by atoms with Crippen LogP contribution in [-0.4, -0.2) is 66.9 Å². The maximum Gasteiger partial charge on any atom is 0.100 e. The Morgan fingerprint density at radius 1 is 0.611 bits per heavy atom. The molecule has 1 saturated carbocycles. The van der Waals surface area contributed by atoms with Gasteiger partial charge >= 0.3 is 0 Å². The highest BCUT2D eigenvalue weighted by Gasteiger charge is 2.46. The first kappa shape index (κ1) is 19.6. The van der Waals surface area contributed by atoms with E-state index in [-0.39, 0.29) is 13.2 Å². The fraction of sp³-hybridized carbons (Fsp3) is 1.00. The summed E-state index contributed by atoms with van der Waals surface area (Å²) in [5.74, 6) is 0. The summed E-state index contributed by atoms with van der Waals surface area (Å²) >= 11 is 35.3. The summed E-state index contributed by atoms with van der Waals surface area (Å²) in [5.41, 5.74) is 0. The van der Waals surface area contributed by atoms with E-state index in [0.29, 0.717) is 0 Å². The van der Waals surface area contributed by atoms with Crippen LogP contribution in [-0.2, 0) is 0 Å². The third kappa shape index (κ3) is 5.55. The third-order valence-corrected chi connectivity index (χ3v) is 6.28. The maximum atomic E-state index is 8.17. The van der Waals surface area contributed by atoms with Crippen molar-refractivity contribution in [2.75, 3.05) is 13.2 Å². The van der Waals surface area contributed by atoms with E-state index in [0.717, 1.165) is 0 Å². The Labute approximate surface area is 136 Å². The van der Waals surface area contributed by atoms with Gasteiger partial charge in [0.2, 0.25) is 0 Å². The first-order valence-corrected chi connectivity index (χ1v) is 7.64. The second kappa shape index (κ2) is 9.54. The molecule has 0 heterocycles. The lowest BCUT2D eigenvalue weighted by molar-refractivity contribution is 0.0450. The molecule has 0 atom stereocenters. The summed E-state index contributed by atoms with van der Waals surface area (Å²) in [7, 11) is 0. The van der Waals surface area contributed by atoms with Crippen LogP contribution < -0.4 is 0 Å². The molecular weight excluding hydrogens is 369 g/mol. The van der Waals surface area contributed by atoms with Gasteiger partial charge in [-0.2, -0.15) is 0 Å². The van der Waals surface area contributed by atoms with Gasteiger partial charge in [0.1, 0.15) is 6.10 Å². The Morgan fingerprint density at radius 3 is 0.833 bits per heavy atom. The van der Waals surface area contributed by atoms with E-state index in [9.17, 15) is 0 Å². The lowest BCUT2D eigenvalue weighted by Gasteiger charge is -2.37. The molecule has 110 valence electrons. The molecule has 0 bridgehead atoms. The van der Waals surface area contributed by atoms with Crippen LogP contribution >= 0.6 is 69.6 Å². The maximum absolute atomic E-state index is 8.17. The Morgan fingerprint density at radius 2 is 0.778 bits per heavy atom. The molecule has 0 spiro atoms. The Hall–Kier alpha value is 1.62. The number of hydrogen-bond donors (Lipinski definition) is 3. The summed E-state index contributed by atoms with van der Waals surface area (Å²) in [6.07, 6.45) is -0.954. The van der Waals surface area contributed by atoms with E-state index in [4.69, 9.17) is 84.9 Å². The number of aliphatic hydroxyl groups excluding tert-OH is 3. The number of alkyl halides is 6. The first-order chi connectivity index (χ1) is 8.27. The topological polar surface area (TPSA) is 60.7 Å². The van der Waals surface area contributed by atoms with Crippen LogP contribution in [0.1, 0.15) is 0 Å². The van der Waals surface area contributed by atoms with E-state index in [1.54, 1.807) is 0 Å². The smallest absolute Gasteiger partial charge is 0.100 e. The van der Waals surface area contributed by atoms with Crippen molar-refractivity contribution in [1.82, 2.24) is 0 Å². The molecule has 1 aliphatic rings. The summed E-state index contributed by atoms with van der Waals surface area (Å²) in [6.45, 7) is -0.729. The number of rotatable bonds is 2. The van der Waals surface area contributed by atoms with E-state index < -0.39 is 38.4 Å². The van der Waals surface area contributed by atoms with Gasteiger partial charge in [-0.3, -0.25) is 0 Å². The molecule has 0 aromatic rings. The van der Waals surface area contributed by atoms with Crippen molar-refractivity contribution in [3.8, 4) is 0 Å². The van der Waals surface area contributed by atoms with E-state index >= 15 is 0 Å². The summed E-state index contributed by atoms with van der Waals surface area (Å²) in [6, 6.07) is 0. The summed E-state index contributed by atoms with van der Waals surface area (Å²) < 4.78 is 0. The van der Waals surface area contributed by atoms with E-state index in [1.165, 1.54) is 0 Å². The van der Waals surface area contributed by atoms with Crippen molar-refractivity contribution in [3.05, 3.63) is 0 Å². The fourth-order valence-corrected chi connectivity index (χ4v) is 3.44. The molecular formula is C9H14Cl6O3. The molecule has 3 N–H and O–H groups in total. The fourth-order valence-electron chi connectivity index (χ4n) is 1.11. The average molecular weight is 383 g/mol. The first-order valence-electron chi connectivity index (χ1n) is 5.02. The second-order valence-electron chi connectivity index (χ2n) is 3.69. The minimum Gasteiger partial charge on any atom is -0.394 e. The molecule has 18 heavy (non-hydrogen) atoms. The average Bonchev–Trinajstić information content (AvgIpc) is 2.40. The Bertz CT molecular complexity index is 172. The molecule has 9 heteroatoms. The van der Waals surface area contributed by atoms with Crippen molar-refractivity contribution < 1.29 is 15.3 Å². The molecule has 0 saturated heterocycles. The Kier molecular flexibility index (Phi) is 10.4. The molecule has 0 amide bonds. The third-order valence-electron chi connectivity index (χ3n) is 2.25. The van der Waals surface area contributed by atoms with Crippen LogP contribution in [0.3, 0.4) is 0 Å². The van der Waals surface area contributed by atoms with Gasteiger partial charge < -0.3 is 15.3 Å². The predicted octanol–water partition coefficient (Wildman–Crippen LogP) is 1.98. The van der Waals surface area contributed by atoms with Gasteiger partial charge in [0, 0.05) is 0 Å². The zero-order chi connectivity index (χ0) is 14.5. The van der Waals surface area contributed by atoms with Crippen LogP contribution in [0.4, 0.5) is 0 Å². The predicted molar refractivity (Wildman–Crippen MR) is 78.0 cm³/mol. The summed E-state index contributed by atoms with van der Waals surface area (Å²) in [5, 5.41) is 21.4. The molecule has 1 rings (SSSR count). The van der Waals surface area contributed by atoms with Crippen LogP contribution in [0.25, 0.3) is 0 Å². The van der Waals surface area contributed by atoms with Gasteiger partial charge in [-0.15, -0.1) is 69.6 Å². The normalized spacial score (nSPS) is 40.3. The molecule has 0 aliphatic heterocycles. The molecule has 1 aliphatic carbocycles. The van der Waals surface area contributed by atoms with Gasteiger partial charge in [-0.25, -0.2) is 0 Å². The van der Waals surface area contributed by atoms with Gasteiger partial charge in [0.25, 0.3) is 0 Å². The largest absolute Gasteiger partial charge is 0.394 e. The molecule has 0 unspecified atom stereocenters. The minimum atomic E-state index is -0.954. The molecule has 0 aromatic carbocycles. The number of hydrogen-bond acceptors (Lipinski definition) is 3. The monoisotopic (exact) mass is 380 g/mol. The highest BCUT2D eigenvalue weighted by atomic mass is 35.5. The molecule has 1 fully saturated rings. The van der Waals surface area contributed by atoms with Crippen LogP contribution in [0, 0.1) is 0 Å². The van der Waals surface area contributed by atoms with Gasteiger partial charge in [0.05, 0.1) is 45.5 Å². The zero-order valence-electron chi connectivity index (χ0n) is 9.07. The number of halogens is 6. The van der Waals surface area contributed by atoms with Crippen molar-refractivity contribution in [1.29, 1.82) is 0 Å². The molecule has 0 radical (unpaired) electrons. The summed E-state index contributed by atoms with van der Waals surface area (Å²) in [4.78, 5) is 0. The van der Waals surface area contributed by atoms with Crippen molar-refractivity contribution in [2.24, 2.45) is 0 Å². The second-order valence-corrected chi connectivity index (χ2v) is 6.71. The Balaban J connectivity index is 0.000000411. The van der Waals surface area contributed by atoms with Crippen molar-refractivity contribution >= 4 is 69.6 Å². The van der Waals surface area contributed by atoms with Gasteiger partial charge in [-0.1, -0.05) is 0 Å². The highest BCUT2D eigenvalue weighted by Crippen LogP contribution is 2.39. The van der Waals surface area contributed by atoms with Crippen LogP contribution in [0.5, 0.6) is 0 Å². The molecule has 0 aromatic heterocycles. The quantitative estimate of drug-likeness (QED) is 0.640. The zero-order valence-corrected chi connectivity index (χ0v) is 13.6. The van der Waals surface area contributed by atoms with Crippen molar-refractivity contribution in [3.63, 3.8) is 0 Å². The number of aliphatic hydroxyl groups is 3.